The normalized spacial score (nSPS) is 16.1. The van der Waals surface area contributed by atoms with E-state index in [4.69, 9.17) is 0 Å². The lowest BCUT2D eigenvalue weighted by Crippen LogP contribution is -2.46. The molecule has 2 amide bonds. The van der Waals surface area contributed by atoms with Gasteiger partial charge >= 0.3 is 6.03 Å². The minimum absolute atomic E-state index is 0.0444. The number of hydrogen-bond donors (Lipinski definition) is 1. The van der Waals surface area contributed by atoms with Crippen LogP contribution in [0.4, 0.5) is 26.2 Å². The molecule has 1 N–H and O–H groups in total. The number of nitrogens with one attached hydrogen (secondary N) is 1. The average molecular weight is 537 g/mol. The van der Waals surface area contributed by atoms with E-state index < -0.39 is 4.92 Å². The van der Waals surface area contributed by atoms with Crippen LogP contribution in [0, 0.1) is 15.9 Å². The summed E-state index contributed by atoms with van der Waals surface area (Å²) in [5.41, 5.74) is 5.36. The first-order valence-electron chi connectivity index (χ1n) is 13.4. The average Bonchev–Trinajstić information content (AvgIpc) is 3.28. The molecule has 7 nitrogen and oxygen atoms in total. The molecule has 40 heavy (non-hydrogen) atoms. The van der Waals surface area contributed by atoms with Gasteiger partial charge in [0.15, 0.2) is 0 Å². The van der Waals surface area contributed by atoms with Gasteiger partial charge < -0.3 is 5.32 Å². The smallest absolute Gasteiger partial charge is 0.308 e. The summed E-state index contributed by atoms with van der Waals surface area (Å²) in [4.78, 5) is 28.0. The Bertz CT molecular complexity index is 1550. The molecule has 0 aliphatic carbocycles. The number of non-ortho nitro benzene ring substituents is 1. The van der Waals surface area contributed by atoms with Gasteiger partial charge in [0, 0.05) is 42.0 Å². The number of nitro benzene ring substituents is 1. The minimum atomic E-state index is -0.479. The molecule has 4 aromatic carbocycles. The number of nitrogens with zero attached hydrogens (tertiary/aromatic N) is 3. The summed E-state index contributed by atoms with van der Waals surface area (Å²) in [6.07, 6.45) is 1.61. The number of rotatable bonds is 5. The Morgan fingerprint density at radius 2 is 1.62 bits per heavy atom. The maximum atomic E-state index is 14.5. The highest BCUT2D eigenvalue weighted by molar-refractivity contribution is 6.03. The van der Waals surface area contributed by atoms with E-state index in [1.54, 1.807) is 17.0 Å². The molecule has 8 heteroatoms. The molecular weight excluding hydrogens is 507 g/mol. The molecular formula is C32H29FN4O3. The Labute approximate surface area is 232 Å². The summed E-state index contributed by atoms with van der Waals surface area (Å²) in [6.45, 7) is 2.94. The summed E-state index contributed by atoms with van der Waals surface area (Å²) < 4.78 is 14.5. The molecule has 2 heterocycles. The van der Waals surface area contributed by atoms with Crippen molar-refractivity contribution >= 4 is 23.1 Å². The maximum Gasteiger partial charge on any atom is 0.326 e. The molecule has 202 valence electrons. The van der Waals surface area contributed by atoms with E-state index in [-0.39, 0.29) is 23.0 Å². The van der Waals surface area contributed by atoms with Crippen LogP contribution in [0.25, 0.3) is 11.1 Å². The van der Waals surface area contributed by atoms with Crippen LogP contribution in [0.5, 0.6) is 0 Å². The molecule has 0 radical (unpaired) electrons. The maximum absolute atomic E-state index is 14.5. The van der Waals surface area contributed by atoms with Crippen LogP contribution < -0.4 is 10.2 Å². The van der Waals surface area contributed by atoms with E-state index in [0.717, 1.165) is 38.0 Å². The Morgan fingerprint density at radius 1 is 0.925 bits per heavy atom. The Kier molecular flexibility index (Phi) is 6.77. The molecule has 6 rings (SSSR count). The first-order chi connectivity index (χ1) is 19.4. The fourth-order valence-corrected chi connectivity index (χ4v) is 6.05. The quantitative estimate of drug-likeness (QED) is 0.220. The molecule has 1 spiro atoms. The van der Waals surface area contributed by atoms with Crippen molar-refractivity contribution in [2.24, 2.45) is 0 Å². The first kappa shape index (κ1) is 25.7. The zero-order chi connectivity index (χ0) is 27.7. The number of likely N-dealkylation sites (tertiary alicyclic amines) is 1. The summed E-state index contributed by atoms with van der Waals surface area (Å²) >= 11 is 0. The highest BCUT2D eigenvalue weighted by Crippen LogP contribution is 2.47. The zero-order valence-corrected chi connectivity index (χ0v) is 21.9. The molecule has 0 aromatic heterocycles. The summed E-state index contributed by atoms with van der Waals surface area (Å²) in [6, 6.07) is 28.9. The highest BCUT2D eigenvalue weighted by atomic mass is 19.1. The number of carbonyl (C=O) groups excluding carboxylic acids is 1. The number of urea groups is 1. The molecule has 0 bridgehead atoms. The monoisotopic (exact) mass is 536 g/mol. The van der Waals surface area contributed by atoms with Gasteiger partial charge in [0.05, 0.1) is 4.92 Å². The third-order valence-electron chi connectivity index (χ3n) is 8.17. The van der Waals surface area contributed by atoms with Gasteiger partial charge in [0.2, 0.25) is 0 Å². The predicted octanol–water partition coefficient (Wildman–Crippen LogP) is 6.99. The van der Waals surface area contributed by atoms with Gasteiger partial charge in [-0.2, -0.15) is 0 Å². The third-order valence-corrected chi connectivity index (χ3v) is 8.17. The second-order valence-electron chi connectivity index (χ2n) is 10.6. The Hall–Kier alpha value is -4.56. The van der Waals surface area contributed by atoms with Crippen LogP contribution in [0.15, 0.2) is 97.1 Å². The van der Waals surface area contributed by atoms with E-state index in [9.17, 15) is 19.3 Å². The van der Waals surface area contributed by atoms with E-state index in [2.05, 4.69) is 58.7 Å². The number of piperidine rings is 1. The number of hydrogen-bond acceptors (Lipinski definition) is 4. The lowest BCUT2D eigenvalue weighted by molar-refractivity contribution is -0.384. The molecule has 2 aliphatic rings. The lowest BCUT2D eigenvalue weighted by Gasteiger charge is -2.40. The van der Waals surface area contributed by atoms with Crippen molar-refractivity contribution in [3.8, 4) is 11.1 Å². The predicted molar refractivity (Wildman–Crippen MR) is 154 cm³/mol. The fourth-order valence-electron chi connectivity index (χ4n) is 6.05. The standard InChI is InChI=1S/C32H29FN4O3/c33-25-10-15-30-29(20-25)32(22-36(30)31(38)34-26-11-13-27(14-12-26)37(39)40)16-18-35(19-17-32)21-24-8-4-5-9-28(24)23-6-2-1-3-7-23/h1-15,20H,16-19,21-22H2,(H,34,38). The van der Waals surface area contributed by atoms with Crippen LogP contribution in [0.3, 0.4) is 0 Å². The first-order valence-corrected chi connectivity index (χ1v) is 13.4. The van der Waals surface area contributed by atoms with E-state index in [1.165, 1.54) is 47.0 Å². The number of nitro groups is 1. The number of amides is 2. The number of benzene rings is 4. The molecule has 0 atom stereocenters. The second-order valence-corrected chi connectivity index (χ2v) is 10.6. The summed E-state index contributed by atoms with van der Waals surface area (Å²) in [5.74, 6) is -0.310. The molecule has 0 unspecified atom stereocenters. The van der Waals surface area contributed by atoms with E-state index in [1.807, 2.05) is 6.07 Å². The van der Waals surface area contributed by atoms with Crippen LogP contribution in [0.2, 0.25) is 0 Å². The summed E-state index contributed by atoms with van der Waals surface area (Å²) in [7, 11) is 0. The van der Waals surface area contributed by atoms with Crippen molar-refractivity contribution in [2.45, 2.75) is 24.8 Å². The lowest BCUT2D eigenvalue weighted by atomic mass is 9.74. The van der Waals surface area contributed by atoms with Crippen LogP contribution in [-0.4, -0.2) is 35.5 Å². The molecule has 1 fully saturated rings. The van der Waals surface area contributed by atoms with Gasteiger partial charge in [-0.05, 0) is 78.5 Å². The molecule has 1 saturated heterocycles. The van der Waals surface area contributed by atoms with Gasteiger partial charge in [0.25, 0.3) is 5.69 Å². The Morgan fingerprint density at radius 3 is 2.35 bits per heavy atom. The second kappa shape index (κ2) is 10.5. The molecule has 2 aliphatic heterocycles. The van der Waals surface area contributed by atoms with Crippen molar-refractivity contribution in [1.82, 2.24) is 4.90 Å². The number of anilines is 2. The van der Waals surface area contributed by atoms with Crippen LogP contribution in [0.1, 0.15) is 24.0 Å². The largest absolute Gasteiger partial charge is 0.326 e. The van der Waals surface area contributed by atoms with Gasteiger partial charge in [0.1, 0.15) is 5.82 Å². The SMILES string of the molecule is O=C(Nc1ccc([N+](=O)[O-])cc1)N1CC2(CCN(Cc3ccccc3-c3ccccc3)CC2)c2cc(F)ccc21. The van der Waals surface area contributed by atoms with E-state index in [0.29, 0.717) is 17.9 Å². The number of carbonyl (C=O) groups is 1. The van der Waals surface area contributed by atoms with Gasteiger partial charge in [-0.3, -0.25) is 19.9 Å². The van der Waals surface area contributed by atoms with Crippen molar-refractivity contribution in [3.63, 3.8) is 0 Å². The van der Waals surface area contributed by atoms with Gasteiger partial charge in [-0.1, -0.05) is 54.6 Å². The number of fused-ring (bicyclic) bond motifs is 2. The van der Waals surface area contributed by atoms with Crippen molar-refractivity contribution in [3.05, 3.63) is 124 Å². The van der Waals surface area contributed by atoms with Crippen LogP contribution in [-0.2, 0) is 12.0 Å². The third kappa shape index (κ3) is 4.94. The highest BCUT2D eigenvalue weighted by Gasteiger charge is 2.46. The minimum Gasteiger partial charge on any atom is -0.308 e. The van der Waals surface area contributed by atoms with Crippen LogP contribution >= 0.6 is 0 Å². The van der Waals surface area contributed by atoms with Crippen molar-refractivity contribution in [1.29, 1.82) is 0 Å². The van der Waals surface area contributed by atoms with Crippen molar-refractivity contribution < 1.29 is 14.1 Å². The van der Waals surface area contributed by atoms with Gasteiger partial charge in [-0.15, -0.1) is 0 Å². The fraction of sp³-hybridized carbons (Fsp3) is 0.219. The summed E-state index contributed by atoms with van der Waals surface area (Å²) in [5, 5.41) is 13.8. The van der Waals surface area contributed by atoms with Crippen molar-refractivity contribution in [2.75, 3.05) is 29.9 Å². The number of halogens is 1. The molecule has 4 aromatic rings. The van der Waals surface area contributed by atoms with E-state index >= 15 is 0 Å². The molecule has 0 saturated carbocycles. The topological polar surface area (TPSA) is 78.7 Å². The Balaban J connectivity index is 1.19. The van der Waals surface area contributed by atoms with Gasteiger partial charge in [-0.25, -0.2) is 9.18 Å². The zero-order valence-electron chi connectivity index (χ0n) is 21.9.